The third-order valence-corrected chi connectivity index (χ3v) is 4.77. The van der Waals surface area contributed by atoms with Crippen LogP contribution >= 0.6 is 0 Å². The smallest absolute Gasteiger partial charge is 0.276 e. The van der Waals surface area contributed by atoms with Crippen LogP contribution < -0.4 is 5.73 Å². The molecule has 0 saturated carbocycles. The van der Waals surface area contributed by atoms with Gasteiger partial charge in [0.05, 0.1) is 0 Å². The van der Waals surface area contributed by atoms with Crippen molar-refractivity contribution >= 4 is 23.7 Å². The minimum absolute atomic E-state index is 0.00488. The van der Waals surface area contributed by atoms with Gasteiger partial charge in [-0.3, -0.25) is 19.3 Å². The molecule has 3 rings (SSSR count). The lowest BCUT2D eigenvalue weighted by Crippen LogP contribution is -2.45. The van der Waals surface area contributed by atoms with E-state index in [2.05, 4.69) is 0 Å². The van der Waals surface area contributed by atoms with Crippen LogP contribution in [0.1, 0.15) is 36.4 Å². The molecule has 1 aromatic carbocycles. The van der Waals surface area contributed by atoms with Gasteiger partial charge in [0.1, 0.15) is 17.2 Å². The monoisotopic (exact) mass is 394 g/mol. The van der Waals surface area contributed by atoms with Crippen molar-refractivity contribution in [2.24, 2.45) is 5.73 Å². The number of furan rings is 1. The van der Waals surface area contributed by atoms with E-state index in [-0.39, 0.29) is 36.6 Å². The minimum atomic E-state index is -0.556. The predicted octanol–water partition coefficient (Wildman–Crippen LogP) is 2.52. The van der Waals surface area contributed by atoms with Crippen molar-refractivity contribution < 1.29 is 23.9 Å². The zero-order valence-corrected chi connectivity index (χ0v) is 16.3. The Morgan fingerprint density at radius 3 is 2.66 bits per heavy atom. The summed E-state index contributed by atoms with van der Waals surface area (Å²) in [5.74, 6) is -0.116. The van der Waals surface area contributed by atoms with E-state index in [0.717, 1.165) is 10.5 Å². The Balaban J connectivity index is 1.95. The molecule has 0 aliphatic carbocycles. The number of amides is 2. The van der Waals surface area contributed by atoms with Crippen molar-refractivity contribution in [2.45, 2.75) is 20.3 Å². The number of carbonyl (C=O) groups is 3. The molecule has 2 aromatic rings. The Hall–Kier alpha value is -3.45. The molecule has 29 heavy (non-hydrogen) atoms. The second-order valence-corrected chi connectivity index (χ2v) is 6.77. The Morgan fingerprint density at radius 2 is 1.97 bits per heavy atom. The predicted molar refractivity (Wildman–Crippen MR) is 107 cm³/mol. The molecule has 0 spiro atoms. The van der Waals surface area contributed by atoms with E-state index < -0.39 is 11.8 Å². The van der Waals surface area contributed by atoms with E-state index in [1.54, 1.807) is 43.3 Å². The van der Waals surface area contributed by atoms with Gasteiger partial charge in [-0.25, -0.2) is 0 Å². The molecule has 0 bridgehead atoms. The Labute approximate surface area is 168 Å². The summed E-state index contributed by atoms with van der Waals surface area (Å²) < 4.78 is 5.84. The SMILES string of the molecule is CC(=O)c1cccc(-c2ccc(/C=C3/C(=O)N(CCCO)C(=O)C(N)=C3C)o2)c1. The summed E-state index contributed by atoms with van der Waals surface area (Å²) in [6, 6.07) is 10.5. The van der Waals surface area contributed by atoms with Crippen LogP contribution in [0.5, 0.6) is 0 Å². The Bertz CT molecular complexity index is 1040. The fraction of sp³-hybridized carbons (Fsp3) is 0.227. The number of rotatable bonds is 6. The van der Waals surface area contributed by atoms with Crippen molar-refractivity contribution in [3.8, 4) is 11.3 Å². The molecular weight excluding hydrogens is 372 g/mol. The maximum absolute atomic E-state index is 12.8. The minimum Gasteiger partial charge on any atom is -0.457 e. The number of nitrogens with two attached hydrogens (primary N) is 1. The number of aliphatic hydroxyl groups is 1. The molecule has 1 aliphatic heterocycles. The quantitative estimate of drug-likeness (QED) is 0.442. The van der Waals surface area contributed by atoms with Gasteiger partial charge >= 0.3 is 0 Å². The maximum Gasteiger partial charge on any atom is 0.276 e. The van der Waals surface area contributed by atoms with Crippen molar-refractivity contribution in [3.63, 3.8) is 0 Å². The van der Waals surface area contributed by atoms with Crippen molar-refractivity contribution in [3.05, 3.63) is 64.6 Å². The van der Waals surface area contributed by atoms with Crippen LogP contribution in [0.3, 0.4) is 0 Å². The highest BCUT2D eigenvalue weighted by molar-refractivity contribution is 6.17. The number of Topliss-reactive ketones (excluding diaryl/α,β-unsaturated/α-hetero) is 1. The van der Waals surface area contributed by atoms with E-state index in [1.807, 2.05) is 6.07 Å². The van der Waals surface area contributed by atoms with E-state index >= 15 is 0 Å². The fourth-order valence-electron chi connectivity index (χ4n) is 3.07. The molecule has 0 fully saturated rings. The van der Waals surface area contributed by atoms with Crippen molar-refractivity contribution in [1.29, 1.82) is 0 Å². The third kappa shape index (κ3) is 4.05. The second kappa shape index (κ2) is 8.28. The number of aliphatic hydroxyl groups excluding tert-OH is 1. The number of nitrogens with zero attached hydrogens (tertiary/aromatic N) is 1. The van der Waals surface area contributed by atoms with Gasteiger partial charge in [-0.15, -0.1) is 0 Å². The molecule has 3 N–H and O–H groups in total. The second-order valence-electron chi connectivity index (χ2n) is 6.77. The number of hydrogen-bond donors (Lipinski definition) is 2. The van der Waals surface area contributed by atoms with Gasteiger partial charge < -0.3 is 15.3 Å². The van der Waals surface area contributed by atoms with Crippen LogP contribution in [-0.2, 0) is 9.59 Å². The molecular formula is C22H22N2O5. The van der Waals surface area contributed by atoms with Crippen LogP contribution in [0.15, 0.2) is 57.7 Å². The zero-order valence-electron chi connectivity index (χ0n) is 16.3. The van der Waals surface area contributed by atoms with Crippen LogP contribution in [-0.4, -0.2) is 40.8 Å². The topological polar surface area (TPSA) is 114 Å². The standard InChI is InChI=1S/C22H22N2O5/c1-13-18(21(27)24(9-4-10-25)22(28)20(13)23)12-17-7-8-19(29-17)16-6-3-5-15(11-16)14(2)26/h3,5-8,11-12,25H,4,9-10,23H2,1-2H3/b18-12+. The maximum atomic E-state index is 12.8. The lowest BCUT2D eigenvalue weighted by Gasteiger charge is -2.27. The average molecular weight is 394 g/mol. The Morgan fingerprint density at radius 1 is 1.21 bits per heavy atom. The molecule has 0 saturated heterocycles. The average Bonchev–Trinajstić information content (AvgIpc) is 3.18. The summed E-state index contributed by atoms with van der Waals surface area (Å²) in [6.45, 7) is 3.05. The molecule has 0 atom stereocenters. The lowest BCUT2D eigenvalue weighted by atomic mass is 9.98. The van der Waals surface area contributed by atoms with Crippen molar-refractivity contribution in [1.82, 2.24) is 4.90 Å². The first kappa shape index (κ1) is 20.3. The van der Waals surface area contributed by atoms with E-state index in [1.165, 1.54) is 6.92 Å². The summed E-state index contributed by atoms with van der Waals surface area (Å²) in [5, 5.41) is 9.01. The molecule has 0 unspecified atom stereocenters. The van der Waals surface area contributed by atoms with E-state index in [0.29, 0.717) is 22.7 Å². The number of ketones is 1. The molecule has 1 aliphatic rings. The largest absolute Gasteiger partial charge is 0.457 e. The van der Waals surface area contributed by atoms with E-state index in [9.17, 15) is 14.4 Å². The van der Waals surface area contributed by atoms with Crippen LogP contribution in [0.2, 0.25) is 0 Å². The molecule has 150 valence electrons. The number of hydrogen-bond acceptors (Lipinski definition) is 6. The van der Waals surface area contributed by atoms with Crippen LogP contribution in [0.4, 0.5) is 0 Å². The molecule has 1 aromatic heterocycles. The van der Waals surface area contributed by atoms with Gasteiger partial charge in [0.25, 0.3) is 11.8 Å². The van der Waals surface area contributed by atoms with Gasteiger partial charge in [0.15, 0.2) is 5.78 Å². The summed E-state index contributed by atoms with van der Waals surface area (Å²) in [6.07, 6.45) is 1.82. The summed E-state index contributed by atoms with van der Waals surface area (Å²) in [7, 11) is 0. The number of carbonyl (C=O) groups excluding carboxylic acids is 3. The van der Waals surface area contributed by atoms with Gasteiger partial charge in [-0.1, -0.05) is 18.2 Å². The van der Waals surface area contributed by atoms with Crippen LogP contribution in [0, 0.1) is 0 Å². The number of benzene rings is 1. The Kier molecular flexibility index (Phi) is 5.79. The molecule has 2 heterocycles. The summed E-state index contributed by atoms with van der Waals surface area (Å²) in [4.78, 5) is 37.7. The molecule has 7 heteroatoms. The first-order valence-corrected chi connectivity index (χ1v) is 9.20. The third-order valence-electron chi connectivity index (χ3n) is 4.77. The van der Waals surface area contributed by atoms with E-state index in [4.69, 9.17) is 15.3 Å². The van der Waals surface area contributed by atoms with Crippen molar-refractivity contribution in [2.75, 3.05) is 13.2 Å². The summed E-state index contributed by atoms with van der Waals surface area (Å²) in [5.41, 5.74) is 7.86. The molecule has 0 radical (unpaired) electrons. The zero-order chi connectivity index (χ0) is 21.1. The van der Waals surface area contributed by atoms with Gasteiger partial charge in [-0.05, 0) is 50.1 Å². The van der Waals surface area contributed by atoms with Crippen LogP contribution in [0.25, 0.3) is 17.4 Å². The molecule has 7 nitrogen and oxygen atoms in total. The number of imide groups is 1. The van der Waals surface area contributed by atoms with Gasteiger partial charge in [0, 0.05) is 29.9 Å². The summed E-state index contributed by atoms with van der Waals surface area (Å²) >= 11 is 0. The first-order valence-electron chi connectivity index (χ1n) is 9.20. The molecule has 2 amide bonds. The fourth-order valence-corrected chi connectivity index (χ4v) is 3.07. The van der Waals surface area contributed by atoms with Gasteiger partial charge in [-0.2, -0.15) is 0 Å². The first-order chi connectivity index (χ1) is 13.8. The normalized spacial score (nSPS) is 16.1. The highest BCUT2D eigenvalue weighted by Gasteiger charge is 2.33. The van der Waals surface area contributed by atoms with Gasteiger partial charge in [0.2, 0.25) is 0 Å². The lowest BCUT2D eigenvalue weighted by molar-refractivity contribution is -0.140. The highest BCUT2D eigenvalue weighted by atomic mass is 16.3. The highest BCUT2D eigenvalue weighted by Crippen LogP contribution is 2.28.